The van der Waals surface area contributed by atoms with Crippen LogP contribution in [0.2, 0.25) is 5.15 Å². The van der Waals surface area contributed by atoms with Crippen LogP contribution in [-0.2, 0) is 0 Å². The Balaban J connectivity index is 2.34. The van der Waals surface area contributed by atoms with Gasteiger partial charge in [-0.1, -0.05) is 27.5 Å². The van der Waals surface area contributed by atoms with Crippen molar-refractivity contribution in [1.82, 2.24) is 19.5 Å². The second-order valence-corrected chi connectivity index (χ2v) is 5.29. The van der Waals surface area contributed by atoms with E-state index in [1.807, 2.05) is 35.8 Å². The normalized spacial score (nSPS) is 11.1. The van der Waals surface area contributed by atoms with E-state index in [0.717, 1.165) is 16.0 Å². The monoisotopic (exact) mass is 337 g/mol. The average molecular weight is 339 g/mol. The molecule has 0 aliphatic heterocycles. The Morgan fingerprint density at radius 3 is 2.53 bits per heavy atom. The molecule has 3 aromatic rings. The van der Waals surface area contributed by atoms with Crippen molar-refractivity contribution in [2.24, 2.45) is 0 Å². The van der Waals surface area contributed by atoms with Gasteiger partial charge in [-0.3, -0.25) is 4.57 Å². The van der Waals surface area contributed by atoms with Crippen LogP contribution in [0.1, 0.15) is 5.82 Å². The SMILES string of the molecule is Cc1nc2c(Cl)nc(N)nc2n1-c1ccc(Br)cc1. The van der Waals surface area contributed by atoms with Crippen molar-refractivity contribution < 1.29 is 0 Å². The second-order valence-electron chi connectivity index (χ2n) is 4.02. The van der Waals surface area contributed by atoms with Gasteiger partial charge < -0.3 is 5.73 Å². The lowest BCUT2D eigenvalue weighted by Gasteiger charge is -2.06. The van der Waals surface area contributed by atoms with E-state index in [0.29, 0.717) is 11.2 Å². The van der Waals surface area contributed by atoms with Crippen LogP contribution in [-0.4, -0.2) is 19.5 Å². The Labute approximate surface area is 122 Å². The van der Waals surface area contributed by atoms with Gasteiger partial charge in [-0.2, -0.15) is 9.97 Å². The zero-order valence-electron chi connectivity index (χ0n) is 9.93. The zero-order chi connectivity index (χ0) is 13.6. The minimum atomic E-state index is 0.135. The molecule has 19 heavy (non-hydrogen) atoms. The molecule has 5 nitrogen and oxygen atoms in total. The molecule has 0 aliphatic rings. The molecule has 0 radical (unpaired) electrons. The van der Waals surface area contributed by atoms with Gasteiger partial charge in [-0.25, -0.2) is 4.98 Å². The first kappa shape index (κ1) is 12.4. The number of anilines is 1. The van der Waals surface area contributed by atoms with E-state index in [4.69, 9.17) is 17.3 Å². The molecule has 0 amide bonds. The maximum absolute atomic E-state index is 6.05. The summed E-state index contributed by atoms with van der Waals surface area (Å²) in [5.74, 6) is 0.912. The van der Waals surface area contributed by atoms with E-state index >= 15 is 0 Å². The summed E-state index contributed by atoms with van der Waals surface area (Å²) in [5.41, 5.74) is 7.75. The number of rotatable bonds is 1. The van der Waals surface area contributed by atoms with Crippen LogP contribution in [0.15, 0.2) is 28.7 Å². The summed E-state index contributed by atoms with van der Waals surface area (Å²) >= 11 is 9.45. The first-order valence-electron chi connectivity index (χ1n) is 5.50. The number of aromatic nitrogens is 4. The number of nitrogen functional groups attached to an aromatic ring is 1. The summed E-state index contributed by atoms with van der Waals surface area (Å²) in [6, 6.07) is 7.83. The van der Waals surface area contributed by atoms with Gasteiger partial charge >= 0.3 is 0 Å². The van der Waals surface area contributed by atoms with E-state index in [-0.39, 0.29) is 11.1 Å². The van der Waals surface area contributed by atoms with Gasteiger partial charge in [0.15, 0.2) is 10.8 Å². The molecule has 0 fully saturated rings. The molecule has 0 bridgehead atoms. The molecule has 0 spiro atoms. The Morgan fingerprint density at radius 2 is 1.84 bits per heavy atom. The number of nitrogens with zero attached hydrogens (tertiary/aromatic N) is 4. The molecule has 0 saturated carbocycles. The Bertz CT molecular complexity index is 766. The Morgan fingerprint density at radius 1 is 1.16 bits per heavy atom. The van der Waals surface area contributed by atoms with Gasteiger partial charge in [0.1, 0.15) is 11.3 Å². The fraction of sp³-hybridized carbons (Fsp3) is 0.0833. The van der Waals surface area contributed by atoms with Crippen molar-refractivity contribution in [3.05, 3.63) is 39.7 Å². The third-order valence-electron chi connectivity index (χ3n) is 2.73. The number of aryl methyl sites for hydroxylation is 1. The predicted octanol–water partition coefficient (Wildman–Crippen LogP) is 3.12. The summed E-state index contributed by atoms with van der Waals surface area (Å²) in [6.07, 6.45) is 0. The summed E-state index contributed by atoms with van der Waals surface area (Å²) in [7, 11) is 0. The van der Waals surface area contributed by atoms with E-state index in [1.165, 1.54) is 0 Å². The minimum absolute atomic E-state index is 0.135. The minimum Gasteiger partial charge on any atom is -0.368 e. The molecule has 2 heterocycles. The summed E-state index contributed by atoms with van der Waals surface area (Å²) in [5, 5.41) is 0.265. The van der Waals surface area contributed by atoms with E-state index < -0.39 is 0 Å². The van der Waals surface area contributed by atoms with Crippen molar-refractivity contribution in [1.29, 1.82) is 0 Å². The molecular formula is C12H9BrClN5. The third-order valence-corrected chi connectivity index (χ3v) is 3.53. The number of hydrogen-bond acceptors (Lipinski definition) is 4. The lowest BCUT2D eigenvalue weighted by molar-refractivity contribution is 0.986. The van der Waals surface area contributed by atoms with Crippen molar-refractivity contribution in [3.8, 4) is 5.69 Å². The van der Waals surface area contributed by atoms with Crippen molar-refractivity contribution in [2.45, 2.75) is 6.92 Å². The Kier molecular flexibility index (Phi) is 2.91. The van der Waals surface area contributed by atoms with Crippen molar-refractivity contribution >= 4 is 44.6 Å². The summed E-state index contributed by atoms with van der Waals surface area (Å²) in [4.78, 5) is 12.5. The topological polar surface area (TPSA) is 69.6 Å². The fourth-order valence-electron chi connectivity index (χ4n) is 1.95. The highest BCUT2D eigenvalue weighted by Crippen LogP contribution is 2.25. The highest BCUT2D eigenvalue weighted by atomic mass is 79.9. The molecule has 0 unspecified atom stereocenters. The predicted molar refractivity (Wildman–Crippen MR) is 78.5 cm³/mol. The number of hydrogen-bond donors (Lipinski definition) is 1. The van der Waals surface area contributed by atoms with Gasteiger partial charge in [-0.15, -0.1) is 0 Å². The van der Waals surface area contributed by atoms with Crippen LogP contribution in [0.5, 0.6) is 0 Å². The molecule has 3 rings (SSSR count). The van der Waals surface area contributed by atoms with Gasteiger partial charge in [0.2, 0.25) is 5.95 Å². The maximum atomic E-state index is 6.05. The molecule has 7 heteroatoms. The highest BCUT2D eigenvalue weighted by Gasteiger charge is 2.15. The smallest absolute Gasteiger partial charge is 0.223 e. The molecule has 0 atom stereocenters. The number of imidazole rings is 1. The van der Waals surface area contributed by atoms with E-state index in [1.54, 1.807) is 0 Å². The number of halogens is 2. The first-order chi connectivity index (χ1) is 9.06. The van der Waals surface area contributed by atoms with Crippen LogP contribution < -0.4 is 5.73 Å². The molecule has 2 aromatic heterocycles. The summed E-state index contributed by atoms with van der Waals surface area (Å²) < 4.78 is 2.90. The fourth-order valence-corrected chi connectivity index (χ4v) is 2.43. The molecular weight excluding hydrogens is 330 g/mol. The Hall–Kier alpha value is -1.66. The number of nitrogens with two attached hydrogens (primary N) is 1. The number of benzene rings is 1. The van der Waals surface area contributed by atoms with Gasteiger partial charge in [0.25, 0.3) is 0 Å². The van der Waals surface area contributed by atoms with Gasteiger partial charge in [0, 0.05) is 10.2 Å². The lowest BCUT2D eigenvalue weighted by Crippen LogP contribution is -2.01. The summed E-state index contributed by atoms with van der Waals surface area (Å²) in [6.45, 7) is 1.89. The van der Waals surface area contributed by atoms with Crippen LogP contribution >= 0.6 is 27.5 Å². The van der Waals surface area contributed by atoms with Crippen LogP contribution in [0, 0.1) is 6.92 Å². The van der Waals surface area contributed by atoms with Crippen LogP contribution in [0.4, 0.5) is 5.95 Å². The van der Waals surface area contributed by atoms with Gasteiger partial charge in [-0.05, 0) is 31.2 Å². The van der Waals surface area contributed by atoms with Crippen LogP contribution in [0.25, 0.3) is 16.9 Å². The molecule has 0 saturated heterocycles. The molecule has 0 aliphatic carbocycles. The lowest BCUT2D eigenvalue weighted by atomic mass is 10.3. The van der Waals surface area contributed by atoms with Crippen LogP contribution in [0.3, 0.4) is 0 Å². The first-order valence-corrected chi connectivity index (χ1v) is 6.67. The van der Waals surface area contributed by atoms with Crippen molar-refractivity contribution in [3.63, 3.8) is 0 Å². The third kappa shape index (κ3) is 2.06. The molecule has 96 valence electrons. The average Bonchev–Trinajstić information content (AvgIpc) is 2.67. The molecule has 2 N–H and O–H groups in total. The van der Waals surface area contributed by atoms with Crippen molar-refractivity contribution in [2.75, 3.05) is 5.73 Å². The van der Waals surface area contributed by atoms with E-state index in [9.17, 15) is 0 Å². The highest BCUT2D eigenvalue weighted by molar-refractivity contribution is 9.10. The van der Waals surface area contributed by atoms with E-state index in [2.05, 4.69) is 30.9 Å². The molecule has 1 aromatic carbocycles. The quantitative estimate of drug-likeness (QED) is 0.692. The largest absolute Gasteiger partial charge is 0.368 e. The number of fused-ring (bicyclic) bond motifs is 1. The van der Waals surface area contributed by atoms with Gasteiger partial charge in [0.05, 0.1) is 0 Å². The zero-order valence-corrected chi connectivity index (χ0v) is 12.3. The maximum Gasteiger partial charge on any atom is 0.223 e. The standard InChI is InChI=1S/C12H9BrClN5/c1-6-16-9-10(14)17-12(15)18-11(9)19(6)8-4-2-7(13)3-5-8/h2-5H,1H3,(H2,15,17,18). The second kappa shape index (κ2) is 4.47.